The molecule has 0 aromatic rings. The number of hydrogen-bond donors (Lipinski definition) is 1. The highest BCUT2D eigenvalue weighted by Gasteiger charge is 2.46. The van der Waals surface area contributed by atoms with Crippen molar-refractivity contribution in [3.8, 4) is 0 Å². The molecular formula is C5H9F3O5S. The quantitative estimate of drug-likeness (QED) is 0.572. The molecule has 86 valence electrons. The Balaban J connectivity index is 0. The Bertz CT molecular complexity index is 264. The molecule has 0 amide bonds. The second-order valence-corrected chi connectivity index (χ2v) is 3.43. The Morgan fingerprint density at radius 1 is 1.43 bits per heavy atom. The molecule has 0 fully saturated rings. The molecule has 0 aromatic carbocycles. The monoisotopic (exact) mass is 238 g/mol. The minimum absolute atomic E-state index is 0.512. The van der Waals surface area contributed by atoms with Gasteiger partial charge in [0.05, 0.1) is 6.61 Å². The molecule has 0 rings (SSSR count). The first-order valence-electron chi connectivity index (χ1n) is 3.19. The Morgan fingerprint density at radius 3 is 1.79 bits per heavy atom. The summed E-state index contributed by atoms with van der Waals surface area (Å²) in [7, 11) is -5.35. The first-order chi connectivity index (χ1) is 6.04. The van der Waals surface area contributed by atoms with E-state index in [1.807, 2.05) is 0 Å². The number of aliphatic carboxylic acids is 1. The molecule has 0 atom stereocenters. The summed E-state index contributed by atoms with van der Waals surface area (Å²) in [6, 6.07) is 0. The highest BCUT2D eigenvalue weighted by Crippen LogP contribution is 2.24. The summed E-state index contributed by atoms with van der Waals surface area (Å²) in [5.41, 5.74) is -5.30. The van der Waals surface area contributed by atoms with Crippen LogP contribution in [0, 0.1) is 0 Å². The van der Waals surface area contributed by atoms with E-state index in [1.54, 1.807) is 0 Å². The molecule has 14 heavy (non-hydrogen) atoms. The first kappa shape index (κ1) is 15.6. The van der Waals surface area contributed by atoms with Crippen LogP contribution in [0.3, 0.4) is 0 Å². The third kappa shape index (κ3) is 7.80. The number of carboxylic acids is 1. The maximum Gasteiger partial charge on any atom is 0.523 e. The van der Waals surface area contributed by atoms with Crippen LogP contribution in [0.5, 0.6) is 0 Å². The van der Waals surface area contributed by atoms with Crippen molar-refractivity contribution in [1.29, 1.82) is 0 Å². The molecule has 0 radical (unpaired) electrons. The lowest BCUT2D eigenvalue weighted by Crippen LogP contribution is -2.25. The largest absolute Gasteiger partial charge is 0.523 e. The summed E-state index contributed by atoms with van der Waals surface area (Å²) < 4.78 is 57.2. The summed E-state index contributed by atoms with van der Waals surface area (Å²) in [4.78, 5) is 9.00. The Labute approximate surface area is 78.6 Å². The third-order valence-corrected chi connectivity index (χ3v) is 1.67. The molecule has 0 aliphatic rings. The van der Waals surface area contributed by atoms with Gasteiger partial charge in [0.2, 0.25) is 0 Å². The van der Waals surface area contributed by atoms with Crippen LogP contribution in [0.2, 0.25) is 0 Å². The molecule has 0 spiro atoms. The lowest BCUT2D eigenvalue weighted by atomic mass is 10.9. The third-order valence-electron chi connectivity index (χ3n) is 0.556. The van der Waals surface area contributed by atoms with Crippen LogP contribution in [-0.4, -0.2) is 31.6 Å². The van der Waals surface area contributed by atoms with Gasteiger partial charge >= 0.3 is 15.6 Å². The number of hydrogen-bond acceptors (Lipinski definition) is 4. The van der Waals surface area contributed by atoms with Crippen molar-refractivity contribution in [2.45, 2.75) is 19.4 Å². The van der Waals surface area contributed by atoms with Crippen LogP contribution < -0.4 is 0 Å². The molecule has 9 heteroatoms. The topological polar surface area (TPSA) is 80.7 Å². The fourth-order valence-electron chi connectivity index (χ4n) is 0.222. The highest BCUT2D eigenvalue weighted by atomic mass is 32.2. The van der Waals surface area contributed by atoms with Crippen LogP contribution in [0.25, 0.3) is 0 Å². The van der Waals surface area contributed by atoms with Gasteiger partial charge in [-0.1, -0.05) is 0 Å². The average molecular weight is 238 g/mol. The van der Waals surface area contributed by atoms with Gasteiger partial charge in [-0.3, -0.25) is 8.98 Å². The summed E-state index contributed by atoms with van der Waals surface area (Å²) in [5.74, 6) is -0.833. The lowest BCUT2D eigenvalue weighted by molar-refractivity contribution is -0.134. The molecular weight excluding hydrogens is 229 g/mol. The van der Waals surface area contributed by atoms with E-state index < -0.39 is 28.2 Å². The van der Waals surface area contributed by atoms with Crippen molar-refractivity contribution in [3.63, 3.8) is 0 Å². The fourth-order valence-corrected chi connectivity index (χ4v) is 0.666. The van der Waals surface area contributed by atoms with Crippen LogP contribution in [0.15, 0.2) is 0 Å². The SMILES string of the molecule is CC(=O)O.CCOS(=O)(=O)C(F)(F)F. The molecule has 0 aliphatic carbocycles. The van der Waals surface area contributed by atoms with E-state index in [9.17, 15) is 21.6 Å². The average Bonchev–Trinajstić information content (AvgIpc) is 1.82. The molecule has 0 saturated carbocycles. The van der Waals surface area contributed by atoms with E-state index in [0.717, 1.165) is 13.8 Å². The van der Waals surface area contributed by atoms with Crippen molar-refractivity contribution in [2.75, 3.05) is 6.61 Å². The standard InChI is InChI=1S/C3H5F3O3S.C2H4O2/c1-2-9-10(7,8)3(4,5)6;1-2(3)4/h2H2,1H3;1H3,(H,3,4). The van der Waals surface area contributed by atoms with Gasteiger partial charge in [0.15, 0.2) is 0 Å². The van der Waals surface area contributed by atoms with Gasteiger partial charge in [0, 0.05) is 6.92 Å². The van der Waals surface area contributed by atoms with E-state index in [-0.39, 0.29) is 0 Å². The van der Waals surface area contributed by atoms with Crippen LogP contribution in [0.4, 0.5) is 13.2 Å². The van der Waals surface area contributed by atoms with E-state index in [1.165, 1.54) is 0 Å². The zero-order chi connectivity index (χ0) is 12.0. The molecule has 0 aromatic heterocycles. The van der Waals surface area contributed by atoms with Crippen molar-refractivity contribution >= 4 is 16.1 Å². The van der Waals surface area contributed by atoms with Gasteiger partial charge in [0.25, 0.3) is 5.97 Å². The summed E-state index contributed by atoms with van der Waals surface area (Å²) in [6.45, 7) is 1.73. The smallest absolute Gasteiger partial charge is 0.481 e. The van der Waals surface area contributed by atoms with Gasteiger partial charge in [-0.05, 0) is 6.92 Å². The second-order valence-electron chi connectivity index (χ2n) is 1.83. The normalized spacial score (nSPS) is 11.5. The van der Waals surface area contributed by atoms with Crippen molar-refractivity contribution < 1.29 is 35.7 Å². The van der Waals surface area contributed by atoms with Crippen molar-refractivity contribution in [1.82, 2.24) is 0 Å². The zero-order valence-electron chi connectivity index (χ0n) is 7.33. The van der Waals surface area contributed by atoms with Crippen LogP contribution in [0.1, 0.15) is 13.8 Å². The van der Waals surface area contributed by atoms with Gasteiger partial charge in [-0.25, -0.2) is 0 Å². The lowest BCUT2D eigenvalue weighted by Gasteiger charge is -2.05. The van der Waals surface area contributed by atoms with Crippen LogP contribution in [-0.2, 0) is 19.1 Å². The summed E-state index contributed by atoms with van der Waals surface area (Å²) >= 11 is 0. The molecule has 5 nitrogen and oxygen atoms in total. The fraction of sp³-hybridized carbons (Fsp3) is 0.800. The predicted octanol–water partition coefficient (Wildman–Crippen LogP) is 0.963. The molecule has 0 aliphatic heterocycles. The Kier molecular flexibility index (Phi) is 6.48. The van der Waals surface area contributed by atoms with Gasteiger partial charge in [-0.15, -0.1) is 0 Å². The first-order valence-corrected chi connectivity index (χ1v) is 4.60. The predicted molar refractivity (Wildman–Crippen MR) is 39.9 cm³/mol. The molecule has 0 saturated heterocycles. The molecule has 1 N–H and O–H groups in total. The van der Waals surface area contributed by atoms with E-state index >= 15 is 0 Å². The van der Waals surface area contributed by atoms with E-state index in [2.05, 4.69) is 4.18 Å². The number of halogens is 3. The molecule has 0 bridgehead atoms. The van der Waals surface area contributed by atoms with Crippen molar-refractivity contribution in [2.24, 2.45) is 0 Å². The van der Waals surface area contributed by atoms with E-state index in [0.29, 0.717) is 0 Å². The Morgan fingerprint density at radius 2 is 1.71 bits per heavy atom. The minimum Gasteiger partial charge on any atom is -0.481 e. The minimum atomic E-state index is -5.35. The second kappa shape index (κ2) is 5.81. The molecule has 0 unspecified atom stereocenters. The zero-order valence-corrected chi connectivity index (χ0v) is 8.15. The number of alkyl halides is 3. The van der Waals surface area contributed by atoms with Gasteiger partial charge < -0.3 is 5.11 Å². The maximum atomic E-state index is 11.3. The van der Waals surface area contributed by atoms with Crippen molar-refractivity contribution in [3.05, 3.63) is 0 Å². The number of carboxylic acid groups (broad SMARTS) is 1. The summed E-state index contributed by atoms with van der Waals surface area (Å²) in [5, 5.41) is 7.42. The van der Waals surface area contributed by atoms with Gasteiger partial charge in [-0.2, -0.15) is 21.6 Å². The van der Waals surface area contributed by atoms with Gasteiger partial charge in [0.1, 0.15) is 0 Å². The summed E-state index contributed by atoms with van der Waals surface area (Å²) in [6.07, 6.45) is 0. The number of rotatable bonds is 2. The van der Waals surface area contributed by atoms with E-state index in [4.69, 9.17) is 9.90 Å². The Hall–Kier alpha value is -0.830. The number of carbonyl (C=O) groups is 1. The molecule has 0 heterocycles. The highest BCUT2D eigenvalue weighted by molar-refractivity contribution is 7.87. The van der Waals surface area contributed by atoms with Crippen LogP contribution >= 0.6 is 0 Å². The maximum absolute atomic E-state index is 11.3.